The van der Waals surface area contributed by atoms with Gasteiger partial charge in [0.25, 0.3) is 5.91 Å². The Morgan fingerprint density at radius 1 is 1.12 bits per heavy atom. The highest BCUT2D eigenvalue weighted by Gasteiger charge is 2.28. The molecule has 0 N–H and O–H groups in total. The Hall–Kier alpha value is -2.30. The zero-order chi connectivity index (χ0) is 17.2. The first-order valence-corrected chi connectivity index (χ1v) is 9.26. The van der Waals surface area contributed by atoms with E-state index in [-0.39, 0.29) is 5.91 Å². The lowest BCUT2D eigenvalue weighted by Gasteiger charge is -2.35. The highest BCUT2D eigenvalue weighted by Crippen LogP contribution is 2.24. The molecular formula is C20H24N2O3. The van der Waals surface area contributed by atoms with Gasteiger partial charge in [0, 0.05) is 38.0 Å². The van der Waals surface area contributed by atoms with Crippen molar-refractivity contribution >= 4 is 22.8 Å². The van der Waals surface area contributed by atoms with Gasteiger partial charge in [-0.05, 0) is 43.7 Å². The molecule has 2 amide bonds. The number of fused-ring (bicyclic) bond motifs is 1. The van der Waals surface area contributed by atoms with Crippen molar-refractivity contribution < 1.29 is 14.0 Å². The molecule has 0 bridgehead atoms. The molecule has 0 radical (unpaired) electrons. The van der Waals surface area contributed by atoms with Crippen molar-refractivity contribution in [3.63, 3.8) is 0 Å². The molecule has 1 aromatic heterocycles. The molecule has 1 aromatic carbocycles. The van der Waals surface area contributed by atoms with Crippen LogP contribution in [0.2, 0.25) is 0 Å². The van der Waals surface area contributed by atoms with Crippen LogP contribution in [0.3, 0.4) is 0 Å². The Labute approximate surface area is 147 Å². The molecule has 3 heterocycles. The second kappa shape index (κ2) is 6.90. The van der Waals surface area contributed by atoms with Crippen molar-refractivity contribution in [1.82, 2.24) is 9.80 Å². The number of carbonyl (C=O) groups excluding carboxylic acids is 2. The summed E-state index contributed by atoms with van der Waals surface area (Å²) in [7, 11) is 0. The van der Waals surface area contributed by atoms with Crippen LogP contribution < -0.4 is 0 Å². The van der Waals surface area contributed by atoms with Crippen LogP contribution in [-0.2, 0) is 4.79 Å². The van der Waals surface area contributed by atoms with Crippen LogP contribution in [0.25, 0.3) is 11.0 Å². The number of carbonyl (C=O) groups is 2. The molecule has 132 valence electrons. The quantitative estimate of drug-likeness (QED) is 0.861. The SMILES string of the molecule is O=C1CCCCN1CC1CCN(C(=O)c2cc3ccccc3o2)CC1. The first-order valence-electron chi connectivity index (χ1n) is 9.26. The van der Waals surface area contributed by atoms with Crippen LogP contribution in [0.1, 0.15) is 42.7 Å². The van der Waals surface area contributed by atoms with E-state index in [2.05, 4.69) is 0 Å². The number of furan rings is 1. The van der Waals surface area contributed by atoms with Gasteiger partial charge in [-0.25, -0.2) is 0 Å². The van der Waals surface area contributed by atoms with Crippen LogP contribution in [0.5, 0.6) is 0 Å². The molecule has 2 aromatic rings. The first kappa shape index (κ1) is 16.2. The van der Waals surface area contributed by atoms with Crippen LogP contribution in [0.15, 0.2) is 34.7 Å². The molecule has 0 unspecified atom stereocenters. The Kier molecular flexibility index (Phi) is 4.47. The van der Waals surface area contributed by atoms with Crippen molar-refractivity contribution in [2.75, 3.05) is 26.2 Å². The summed E-state index contributed by atoms with van der Waals surface area (Å²) >= 11 is 0. The number of likely N-dealkylation sites (tertiary alicyclic amines) is 2. The molecule has 25 heavy (non-hydrogen) atoms. The molecule has 0 atom stereocenters. The van der Waals surface area contributed by atoms with Crippen molar-refractivity contribution in [3.8, 4) is 0 Å². The van der Waals surface area contributed by atoms with Crippen LogP contribution >= 0.6 is 0 Å². The van der Waals surface area contributed by atoms with Gasteiger partial charge in [-0.3, -0.25) is 9.59 Å². The number of piperidine rings is 2. The van der Waals surface area contributed by atoms with E-state index < -0.39 is 0 Å². The lowest BCUT2D eigenvalue weighted by Crippen LogP contribution is -2.44. The molecule has 2 fully saturated rings. The average molecular weight is 340 g/mol. The van der Waals surface area contributed by atoms with Crippen molar-refractivity contribution in [2.45, 2.75) is 32.1 Å². The number of rotatable bonds is 3. The van der Waals surface area contributed by atoms with Gasteiger partial charge in [-0.15, -0.1) is 0 Å². The standard InChI is InChI=1S/C20H24N2O3/c23-19-7-3-4-10-22(19)14-15-8-11-21(12-9-15)20(24)18-13-16-5-1-2-6-17(16)25-18/h1-2,5-6,13,15H,3-4,7-12,14H2. The van der Waals surface area contributed by atoms with Gasteiger partial charge in [0.2, 0.25) is 5.91 Å². The van der Waals surface area contributed by atoms with Gasteiger partial charge in [-0.2, -0.15) is 0 Å². The predicted molar refractivity (Wildman–Crippen MR) is 95.3 cm³/mol. The number of nitrogens with zero attached hydrogens (tertiary/aromatic N) is 2. The molecule has 5 heteroatoms. The van der Waals surface area contributed by atoms with E-state index in [1.165, 1.54) is 0 Å². The summed E-state index contributed by atoms with van der Waals surface area (Å²) < 4.78 is 5.70. The minimum atomic E-state index is -0.0244. The fourth-order valence-corrected chi connectivity index (χ4v) is 3.93. The van der Waals surface area contributed by atoms with Gasteiger partial charge >= 0.3 is 0 Å². The Morgan fingerprint density at radius 2 is 1.92 bits per heavy atom. The second-order valence-corrected chi connectivity index (χ2v) is 7.18. The fraction of sp³-hybridized carbons (Fsp3) is 0.500. The van der Waals surface area contributed by atoms with Crippen molar-refractivity contribution in [2.24, 2.45) is 5.92 Å². The van der Waals surface area contributed by atoms with Crippen LogP contribution in [0.4, 0.5) is 0 Å². The molecule has 0 aliphatic carbocycles. The maximum atomic E-state index is 12.7. The van der Waals surface area contributed by atoms with E-state index >= 15 is 0 Å². The molecule has 0 saturated carbocycles. The number of benzene rings is 1. The summed E-state index contributed by atoms with van der Waals surface area (Å²) in [4.78, 5) is 28.5. The number of hydrogen-bond acceptors (Lipinski definition) is 3. The zero-order valence-electron chi connectivity index (χ0n) is 14.4. The van der Waals surface area contributed by atoms with Gasteiger partial charge in [-0.1, -0.05) is 18.2 Å². The molecule has 2 aliphatic heterocycles. The van der Waals surface area contributed by atoms with E-state index in [0.717, 1.165) is 62.8 Å². The van der Waals surface area contributed by atoms with Crippen LogP contribution in [-0.4, -0.2) is 47.8 Å². The first-order chi connectivity index (χ1) is 12.2. The normalized spacial score (nSPS) is 19.6. The summed E-state index contributed by atoms with van der Waals surface area (Å²) in [6.45, 7) is 3.23. The lowest BCUT2D eigenvalue weighted by molar-refractivity contribution is -0.134. The summed E-state index contributed by atoms with van der Waals surface area (Å²) in [5.74, 6) is 1.20. The Balaban J connectivity index is 1.34. The number of para-hydroxylation sites is 1. The highest BCUT2D eigenvalue weighted by atomic mass is 16.3. The lowest BCUT2D eigenvalue weighted by atomic mass is 9.95. The topological polar surface area (TPSA) is 53.8 Å². The monoisotopic (exact) mass is 340 g/mol. The molecular weight excluding hydrogens is 316 g/mol. The maximum absolute atomic E-state index is 12.7. The molecule has 0 spiro atoms. The van der Waals surface area contributed by atoms with E-state index in [1.807, 2.05) is 40.1 Å². The third-order valence-corrected chi connectivity index (χ3v) is 5.44. The van der Waals surface area contributed by atoms with E-state index in [4.69, 9.17) is 4.42 Å². The maximum Gasteiger partial charge on any atom is 0.289 e. The zero-order valence-corrected chi connectivity index (χ0v) is 14.4. The van der Waals surface area contributed by atoms with Crippen molar-refractivity contribution in [1.29, 1.82) is 0 Å². The third kappa shape index (κ3) is 3.41. The van der Waals surface area contributed by atoms with Crippen molar-refractivity contribution in [3.05, 3.63) is 36.1 Å². The summed E-state index contributed by atoms with van der Waals surface area (Å²) in [6, 6.07) is 9.52. The molecule has 2 aliphatic rings. The second-order valence-electron chi connectivity index (χ2n) is 7.18. The van der Waals surface area contributed by atoms with Gasteiger partial charge < -0.3 is 14.2 Å². The third-order valence-electron chi connectivity index (χ3n) is 5.44. The number of hydrogen-bond donors (Lipinski definition) is 0. The van der Waals surface area contributed by atoms with E-state index in [9.17, 15) is 9.59 Å². The molecule has 4 rings (SSSR count). The predicted octanol–water partition coefficient (Wildman–Crippen LogP) is 3.30. The minimum absolute atomic E-state index is 0.0244. The van der Waals surface area contributed by atoms with Gasteiger partial charge in [0.05, 0.1) is 0 Å². The Bertz CT molecular complexity index is 741. The van der Waals surface area contributed by atoms with Gasteiger partial charge in [0.15, 0.2) is 5.76 Å². The summed E-state index contributed by atoms with van der Waals surface area (Å²) in [5.41, 5.74) is 0.754. The molecule has 2 saturated heterocycles. The summed E-state index contributed by atoms with van der Waals surface area (Å²) in [5, 5.41) is 0.962. The average Bonchev–Trinajstić information content (AvgIpc) is 3.08. The fourth-order valence-electron chi connectivity index (χ4n) is 3.93. The van der Waals surface area contributed by atoms with Gasteiger partial charge in [0.1, 0.15) is 5.58 Å². The number of amides is 2. The largest absolute Gasteiger partial charge is 0.451 e. The Morgan fingerprint density at radius 3 is 2.68 bits per heavy atom. The molecule has 5 nitrogen and oxygen atoms in total. The highest BCUT2D eigenvalue weighted by molar-refractivity contribution is 5.96. The minimum Gasteiger partial charge on any atom is -0.451 e. The smallest absolute Gasteiger partial charge is 0.289 e. The summed E-state index contributed by atoms with van der Waals surface area (Å²) in [6.07, 6.45) is 4.75. The van der Waals surface area contributed by atoms with E-state index in [0.29, 0.717) is 24.0 Å². The van der Waals surface area contributed by atoms with E-state index in [1.54, 1.807) is 0 Å². The van der Waals surface area contributed by atoms with Crippen LogP contribution in [0, 0.1) is 5.92 Å².